The monoisotopic (exact) mass is 327 g/mol. The minimum Gasteiger partial charge on any atom is -0.507 e. The number of hydrogen-bond donors (Lipinski definition) is 2. The predicted molar refractivity (Wildman–Crippen MR) is 89.4 cm³/mol. The van der Waals surface area contributed by atoms with Crippen LogP contribution in [0.2, 0.25) is 0 Å². The highest BCUT2D eigenvalue weighted by Crippen LogP contribution is 2.42. The summed E-state index contributed by atoms with van der Waals surface area (Å²) in [5, 5.41) is 10.7. The SMILES string of the molecule is CCC(O[P+](=O)O)c1cc(C(C)(C)C)c(O)c(C(C)(C)C)c1. The Balaban J connectivity index is 3.56. The number of rotatable bonds is 4. The summed E-state index contributed by atoms with van der Waals surface area (Å²) in [4.78, 5) is 9.07. The van der Waals surface area contributed by atoms with Crippen LogP contribution in [0.25, 0.3) is 0 Å². The molecule has 0 bridgehead atoms. The van der Waals surface area contributed by atoms with Crippen molar-refractivity contribution in [2.45, 2.75) is 71.8 Å². The third-order valence-corrected chi connectivity index (χ3v) is 4.14. The highest BCUT2D eigenvalue weighted by Gasteiger charge is 2.30. The van der Waals surface area contributed by atoms with Crippen LogP contribution >= 0.6 is 8.25 Å². The smallest absolute Gasteiger partial charge is 0.507 e. The lowest BCUT2D eigenvalue weighted by Crippen LogP contribution is -2.18. The molecule has 4 nitrogen and oxygen atoms in total. The summed E-state index contributed by atoms with van der Waals surface area (Å²) < 4.78 is 16.2. The fourth-order valence-corrected chi connectivity index (χ4v) is 2.95. The topological polar surface area (TPSA) is 66.8 Å². The summed E-state index contributed by atoms with van der Waals surface area (Å²) in [7, 11) is -2.66. The summed E-state index contributed by atoms with van der Waals surface area (Å²) in [5.41, 5.74) is 2.00. The van der Waals surface area contributed by atoms with Crippen molar-refractivity contribution in [3.63, 3.8) is 0 Å². The first-order valence-corrected chi connectivity index (χ1v) is 8.71. The zero-order chi connectivity index (χ0) is 17.3. The van der Waals surface area contributed by atoms with Crippen LogP contribution in [0.4, 0.5) is 0 Å². The Hall–Kier alpha value is -0.960. The van der Waals surface area contributed by atoms with Crippen molar-refractivity contribution < 1.29 is 19.1 Å². The number of aromatic hydroxyl groups is 1. The van der Waals surface area contributed by atoms with Gasteiger partial charge in [-0.05, 0) is 46.1 Å². The van der Waals surface area contributed by atoms with E-state index in [9.17, 15) is 9.67 Å². The first kappa shape index (κ1) is 19.1. The van der Waals surface area contributed by atoms with E-state index in [-0.39, 0.29) is 10.8 Å². The molecule has 0 aromatic heterocycles. The van der Waals surface area contributed by atoms with E-state index >= 15 is 0 Å². The van der Waals surface area contributed by atoms with Crippen molar-refractivity contribution in [2.24, 2.45) is 0 Å². The number of benzene rings is 1. The zero-order valence-electron chi connectivity index (χ0n) is 14.6. The summed E-state index contributed by atoms with van der Waals surface area (Å²) in [6.45, 7) is 14.1. The van der Waals surface area contributed by atoms with Gasteiger partial charge in [0.2, 0.25) is 0 Å². The molecule has 0 fully saturated rings. The van der Waals surface area contributed by atoms with Crippen LogP contribution in [0.5, 0.6) is 5.75 Å². The molecule has 124 valence electrons. The van der Waals surface area contributed by atoms with Gasteiger partial charge in [0.15, 0.2) is 0 Å². The van der Waals surface area contributed by atoms with Gasteiger partial charge in [0.25, 0.3) is 0 Å². The summed E-state index contributed by atoms with van der Waals surface area (Å²) in [6, 6.07) is 3.77. The van der Waals surface area contributed by atoms with Crippen LogP contribution in [0.1, 0.15) is 77.7 Å². The van der Waals surface area contributed by atoms with Crippen molar-refractivity contribution in [1.29, 1.82) is 0 Å². The third-order valence-electron chi connectivity index (χ3n) is 3.71. The first-order chi connectivity index (χ1) is 9.87. The zero-order valence-corrected chi connectivity index (χ0v) is 15.5. The van der Waals surface area contributed by atoms with Gasteiger partial charge >= 0.3 is 8.25 Å². The number of hydrogen-bond acceptors (Lipinski definition) is 3. The molecule has 1 rings (SSSR count). The Morgan fingerprint density at radius 3 is 1.77 bits per heavy atom. The van der Waals surface area contributed by atoms with Crippen LogP contribution in [0, 0.1) is 0 Å². The van der Waals surface area contributed by atoms with Gasteiger partial charge in [-0.1, -0.05) is 48.5 Å². The molecule has 2 N–H and O–H groups in total. The van der Waals surface area contributed by atoms with Gasteiger partial charge in [-0.25, -0.2) is 0 Å². The molecule has 0 heterocycles. The molecule has 0 amide bonds. The van der Waals surface area contributed by atoms with Gasteiger partial charge in [-0.15, -0.1) is 9.42 Å². The van der Waals surface area contributed by atoms with E-state index in [1.807, 2.05) is 60.6 Å². The largest absolute Gasteiger partial charge is 0.695 e. The van der Waals surface area contributed by atoms with Crippen molar-refractivity contribution in [1.82, 2.24) is 0 Å². The maximum absolute atomic E-state index is 11.0. The van der Waals surface area contributed by atoms with Crippen molar-refractivity contribution in [2.75, 3.05) is 0 Å². The maximum atomic E-state index is 11.0. The van der Waals surface area contributed by atoms with Gasteiger partial charge in [0.05, 0.1) is 0 Å². The Morgan fingerprint density at radius 1 is 1.09 bits per heavy atom. The van der Waals surface area contributed by atoms with Crippen LogP contribution < -0.4 is 0 Å². The molecule has 0 aliphatic rings. The molecular formula is C17H28O4P+. The highest BCUT2D eigenvalue weighted by molar-refractivity contribution is 7.32. The quantitative estimate of drug-likeness (QED) is 0.755. The van der Waals surface area contributed by atoms with E-state index in [1.54, 1.807) is 0 Å². The number of phenols is 1. The van der Waals surface area contributed by atoms with E-state index in [0.717, 1.165) is 16.7 Å². The molecular weight excluding hydrogens is 299 g/mol. The van der Waals surface area contributed by atoms with Gasteiger partial charge in [0.1, 0.15) is 11.9 Å². The lowest BCUT2D eigenvalue weighted by atomic mass is 9.78. The van der Waals surface area contributed by atoms with Crippen molar-refractivity contribution in [3.8, 4) is 5.75 Å². The van der Waals surface area contributed by atoms with Crippen LogP contribution in [0.3, 0.4) is 0 Å². The van der Waals surface area contributed by atoms with E-state index in [1.165, 1.54) is 0 Å². The second-order valence-electron chi connectivity index (χ2n) is 7.70. The molecule has 0 spiro atoms. The van der Waals surface area contributed by atoms with Gasteiger partial charge < -0.3 is 5.11 Å². The molecule has 0 aliphatic carbocycles. The molecule has 2 unspecified atom stereocenters. The Bertz CT molecular complexity index is 518. The summed E-state index contributed by atoms with van der Waals surface area (Å²) >= 11 is 0. The molecule has 0 aliphatic heterocycles. The predicted octanol–water partition coefficient (Wildman–Crippen LogP) is 5.10. The standard InChI is InChI=1S/C17H27O4P/c1-8-14(21-22(19)20)11-9-12(16(2,3)4)15(18)13(10-11)17(5,6)7/h9-10,14H,8H2,1-7H3,(H-,18,19,20)/p+1. The van der Waals surface area contributed by atoms with Gasteiger partial charge in [-0.2, -0.15) is 0 Å². The third kappa shape index (κ3) is 4.52. The number of phenolic OH excluding ortho intramolecular Hbond substituents is 1. The molecule has 0 radical (unpaired) electrons. The Labute approximate surface area is 134 Å². The second-order valence-corrected chi connectivity index (χ2v) is 8.39. The lowest BCUT2D eigenvalue weighted by Gasteiger charge is -2.29. The van der Waals surface area contributed by atoms with Crippen LogP contribution in [-0.2, 0) is 19.9 Å². The normalized spacial score (nSPS) is 14.8. The van der Waals surface area contributed by atoms with Crippen LogP contribution in [-0.4, -0.2) is 10.00 Å². The molecule has 1 aromatic rings. The molecule has 1 aromatic carbocycles. The Kier molecular flexibility index (Phi) is 5.77. The fraction of sp³-hybridized carbons (Fsp3) is 0.647. The average molecular weight is 327 g/mol. The van der Waals surface area contributed by atoms with E-state index in [4.69, 9.17) is 9.42 Å². The highest BCUT2D eigenvalue weighted by atomic mass is 31.1. The van der Waals surface area contributed by atoms with Crippen molar-refractivity contribution >= 4 is 8.25 Å². The molecule has 2 atom stereocenters. The molecule has 5 heteroatoms. The van der Waals surface area contributed by atoms with E-state index < -0.39 is 14.4 Å². The second kappa shape index (κ2) is 6.66. The lowest BCUT2D eigenvalue weighted by molar-refractivity contribution is 0.187. The van der Waals surface area contributed by atoms with E-state index in [2.05, 4.69) is 0 Å². The molecule has 0 saturated carbocycles. The van der Waals surface area contributed by atoms with Gasteiger partial charge in [0, 0.05) is 4.57 Å². The van der Waals surface area contributed by atoms with Gasteiger partial charge in [-0.3, -0.25) is 0 Å². The molecule has 22 heavy (non-hydrogen) atoms. The van der Waals surface area contributed by atoms with E-state index in [0.29, 0.717) is 12.2 Å². The summed E-state index contributed by atoms with van der Waals surface area (Å²) in [5.74, 6) is 0.298. The van der Waals surface area contributed by atoms with Crippen molar-refractivity contribution in [3.05, 3.63) is 28.8 Å². The maximum Gasteiger partial charge on any atom is 0.695 e. The molecule has 0 saturated heterocycles. The fourth-order valence-electron chi connectivity index (χ4n) is 2.47. The minimum atomic E-state index is -2.66. The van der Waals surface area contributed by atoms with Crippen LogP contribution in [0.15, 0.2) is 12.1 Å². The minimum absolute atomic E-state index is 0.236. The summed E-state index contributed by atoms with van der Waals surface area (Å²) in [6.07, 6.45) is 0.121. The first-order valence-electron chi connectivity index (χ1n) is 7.58. The Morgan fingerprint density at radius 2 is 1.50 bits per heavy atom. The average Bonchev–Trinajstić information content (AvgIpc) is 2.33.